The van der Waals surface area contributed by atoms with Gasteiger partial charge >= 0.3 is 0 Å². The van der Waals surface area contributed by atoms with Crippen LogP contribution in [0, 0.1) is 5.82 Å². The first-order valence-electron chi connectivity index (χ1n) is 6.55. The third-order valence-electron chi connectivity index (χ3n) is 3.14. The van der Waals surface area contributed by atoms with Crippen molar-refractivity contribution in [2.45, 2.75) is 11.8 Å². The molecule has 0 bridgehead atoms. The second kappa shape index (κ2) is 6.13. The van der Waals surface area contributed by atoms with E-state index in [1.165, 1.54) is 30.3 Å². The van der Waals surface area contributed by atoms with E-state index in [0.29, 0.717) is 0 Å². The van der Waals surface area contributed by atoms with Gasteiger partial charge in [0.2, 0.25) is 0 Å². The molecule has 2 rings (SSSR count). The van der Waals surface area contributed by atoms with Gasteiger partial charge in [0.15, 0.2) is 0 Å². The molecule has 0 aliphatic heterocycles. The van der Waals surface area contributed by atoms with Crippen LogP contribution < -0.4 is 9.62 Å². The number of sulfonamides is 1. The molecule has 0 saturated heterocycles. The largest absolute Gasteiger partial charge is 0.388 e. The fraction of sp³-hybridized carbons (Fsp3) is 0.200. The van der Waals surface area contributed by atoms with Crippen LogP contribution in [0.2, 0.25) is 0 Å². The summed E-state index contributed by atoms with van der Waals surface area (Å²) in [6, 6.07) is 12.2. The second-order valence-electron chi connectivity index (χ2n) is 4.40. The van der Waals surface area contributed by atoms with Crippen molar-refractivity contribution in [2.24, 2.45) is 0 Å². The molecule has 6 heteroatoms. The second-order valence-corrected chi connectivity index (χ2v) is 6.26. The zero-order chi connectivity index (χ0) is 15.5. The van der Waals surface area contributed by atoms with Crippen LogP contribution in [0.3, 0.4) is 0 Å². The van der Waals surface area contributed by atoms with Gasteiger partial charge in [0, 0.05) is 19.3 Å². The van der Waals surface area contributed by atoms with Gasteiger partial charge in [-0.25, -0.2) is 12.8 Å². The smallest absolute Gasteiger partial charge is 0.264 e. The van der Waals surface area contributed by atoms with Crippen molar-refractivity contribution in [1.82, 2.24) is 0 Å². The fourth-order valence-corrected chi connectivity index (χ4v) is 3.53. The van der Waals surface area contributed by atoms with E-state index in [-0.39, 0.29) is 17.1 Å². The number of benzene rings is 2. The van der Waals surface area contributed by atoms with Crippen molar-refractivity contribution in [3.05, 3.63) is 54.3 Å². The molecule has 0 atom stereocenters. The van der Waals surface area contributed by atoms with E-state index in [0.717, 1.165) is 9.99 Å². The Balaban J connectivity index is 2.47. The Morgan fingerprint density at radius 3 is 2.24 bits per heavy atom. The van der Waals surface area contributed by atoms with Gasteiger partial charge in [-0.1, -0.05) is 12.1 Å². The average molecular weight is 308 g/mol. The lowest BCUT2D eigenvalue weighted by atomic mass is 10.3. The summed E-state index contributed by atoms with van der Waals surface area (Å²) < 4.78 is 40.3. The Morgan fingerprint density at radius 1 is 1.10 bits per heavy atom. The molecule has 0 fully saturated rings. The van der Waals surface area contributed by atoms with E-state index in [9.17, 15) is 12.8 Å². The number of nitrogens with zero attached hydrogens (tertiary/aromatic N) is 1. The van der Waals surface area contributed by atoms with Gasteiger partial charge in [0.05, 0.1) is 10.6 Å². The zero-order valence-corrected chi connectivity index (χ0v) is 12.7. The molecule has 4 nitrogen and oxygen atoms in total. The van der Waals surface area contributed by atoms with E-state index in [1.54, 1.807) is 32.2 Å². The van der Waals surface area contributed by atoms with Crippen molar-refractivity contribution in [2.75, 3.05) is 23.2 Å². The average Bonchev–Trinajstić information content (AvgIpc) is 2.50. The van der Waals surface area contributed by atoms with Crippen LogP contribution in [0.1, 0.15) is 6.92 Å². The monoisotopic (exact) mass is 308 g/mol. The number of para-hydroxylation sites is 1. The molecule has 0 aliphatic carbocycles. The van der Waals surface area contributed by atoms with E-state index in [1.807, 2.05) is 0 Å². The SMILES string of the molecule is CCN(c1ccccc1F)S(=O)(=O)c1ccc(NC)cc1. The van der Waals surface area contributed by atoms with Crippen LogP contribution in [0.5, 0.6) is 0 Å². The first-order valence-corrected chi connectivity index (χ1v) is 7.99. The zero-order valence-electron chi connectivity index (χ0n) is 11.9. The molecule has 0 heterocycles. The highest BCUT2D eigenvalue weighted by atomic mass is 32.2. The maximum atomic E-state index is 13.9. The van der Waals surface area contributed by atoms with Crippen LogP contribution in [0.4, 0.5) is 15.8 Å². The molecule has 112 valence electrons. The molecule has 21 heavy (non-hydrogen) atoms. The van der Waals surface area contributed by atoms with E-state index in [4.69, 9.17) is 0 Å². The van der Waals surface area contributed by atoms with Crippen LogP contribution in [0.15, 0.2) is 53.4 Å². The highest BCUT2D eigenvalue weighted by Crippen LogP contribution is 2.26. The summed E-state index contributed by atoms with van der Waals surface area (Å²) in [4.78, 5) is 0.131. The van der Waals surface area contributed by atoms with Crippen molar-refractivity contribution in [3.8, 4) is 0 Å². The van der Waals surface area contributed by atoms with Crippen LogP contribution in [0.25, 0.3) is 0 Å². The lowest BCUT2D eigenvalue weighted by Gasteiger charge is -2.23. The molecule has 2 aromatic carbocycles. The highest BCUT2D eigenvalue weighted by Gasteiger charge is 2.25. The molecular formula is C15H17FN2O2S. The van der Waals surface area contributed by atoms with Crippen molar-refractivity contribution >= 4 is 21.4 Å². The molecule has 1 N–H and O–H groups in total. The molecule has 0 aromatic heterocycles. The predicted molar refractivity (Wildman–Crippen MR) is 82.6 cm³/mol. The van der Waals surface area contributed by atoms with Crippen molar-refractivity contribution in [3.63, 3.8) is 0 Å². The number of hydrogen-bond donors (Lipinski definition) is 1. The molecule has 0 saturated carbocycles. The number of nitrogens with one attached hydrogen (secondary N) is 1. The molecule has 0 amide bonds. The van der Waals surface area contributed by atoms with Gasteiger partial charge in [-0.3, -0.25) is 4.31 Å². The molecular weight excluding hydrogens is 291 g/mol. The molecule has 0 aliphatic rings. The summed E-state index contributed by atoms with van der Waals surface area (Å²) in [7, 11) is -2.03. The third-order valence-corrected chi connectivity index (χ3v) is 5.04. The van der Waals surface area contributed by atoms with Gasteiger partial charge in [0.1, 0.15) is 5.82 Å². The van der Waals surface area contributed by atoms with Gasteiger partial charge in [-0.15, -0.1) is 0 Å². The van der Waals surface area contributed by atoms with Gasteiger partial charge in [-0.2, -0.15) is 0 Å². The Kier molecular flexibility index (Phi) is 4.47. The van der Waals surface area contributed by atoms with Gasteiger partial charge < -0.3 is 5.32 Å². The van der Waals surface area contributed by atoms with Crippen LogP contribution in [-0.2, 0) is 10.0 Å². The van der Waals surface area contributed by atoms with Gasteiger partial charge in [-0.05, 0) is 43.3 Å². The summed E-state index contributed by atoms with van der Waals surface area (Å²) in [5.74, 6) is -0.560. The first kappa shape index (κ1) is 15.3. The van der Waals surface area contributed by atoms with E-state index in [2.05, 4.69) is 5.32 Å². The Bertz CT molecular complexity index is 715. The summed E-state index contributed by atoms with van der Waals surface area (Å²) in [5.41, 5.74) is 0.862. The minimum atomic E-state index is -3.79. The fourth-order valence-electron chi connectivity index (χ4n) is 2.04. The predicted octanol–water partition coefficient (Wildman–Crippen LogP) is 3.08. The molecule has 0 radical (unpaired) electrons. The number of anilines is 2. The standard InChI is InChI=1S/C15H17FN2O2S/c1-3-18(15-7-5-4-6-14(15)16)21(19,20)13-10-8-12(17-2)9-11-13/h4-11,17H,3H2,1-2H3. The quantitative estimate of drug-likeness (QED) is 0.923. The first-order chi connectivity index (χ1) is 10.0. The summed E-state index contributed by atoms with van der Waals surface area (Å²) in [6.07, 6.45) is 0. The lowest BCUT2D eigenvalue weighted by molar-refractivity contribution is 0.586. The Hall–Kier alpha value is -2.08. The van der Waals surface area contributed by atoms with E-state index < -0.39 is 15.8 Å². The molecule has 0 spiro atoms. The minimum Gasteiger partial charge on any atom is -0.388 e. The van der Waals surface area contributed by atoms with Crippen LogP contribution in [-0.4, -0.2) is 22.0 Å². The Labute approximate surface area is 124 Å². The van der Waals surface area contributed by atoms with E-state index >= 15 is 0 Å². The Morgan fingerprint density at radius 2 is 1.71 bits per heavy atom. The summed E-state index contributed by atoms with van der Waals surface area (Å²) in [5, 5.41) is 2.92. The minimum absolute atomic E-state index is 0.0534. The number of rotatable bonds is 5. The van der Waals surface area contributed by atoms with Crippen molar-refractivity contribution in [1.29, 1.82) is 0 Å². The normalized spacial score (nSPS) is 11.2. The van der Waals surface area contributed by atoms with Crippen LogP contribution >= 0.6 is 0 Å². The summed E-state index contributed by atoms with van der Waals surface area (Å²) in [6.45, 7) is 1.82. The molecule has 2 aromatic rings. The summed E-state index contributed by atoms with van der Waals surface area (Å²) >= 11 is 0. The molecule has 0 unspecified atom stereocenters. The number of hydrogen-bond acceptors (Lipinski definition) is 3. The topological polar surface area (TPSA) is 49.4 Å². The lowest BCUT2D eigenvalue weighted by Crippen LogP contribution is -2.31. The van der Waals surface area contributed by atoms with Gasteiger partial charge in [0.25, 0.3) is 10.0 Å². The maximum absolute atomic E-state index is 13.9. The maximum Gasteiger partial charge on any atom is 0.264 e. The highest BCUT2D eigenvalue weighted by molar-refractivity contribution is 7.92. The number of halogens is 1. The third kappa shape index (κ3) is 3.00. The van der Waals surface area contributed by atoms with Crippen molar-refractivity contribution < 1.29 is 12.8 Å².